The van der Waals surface area contributed by atoms with Crippen molar-refractivity contribution in [2.45, 2.75) is 24.9 Å². The van der Waals surface area contributed by atoms with Gasteiger partial charge in [0.2, 0.25) is 0 Å². The molecule has 0 atom stereocenters. The third-order valence-electron chi connectivity index (χ3n) is 3.93. The molecule has 0 spiro atoms. The van der Waals surface area contributed by atoms with Gasteiger partial charge >= 0.3 is 0 Å². The Hall–Kier alpha value is -2.10. The van der Waals surface area contributed by atoms with Crippen molar-refractivity contribution >= 4 is 17.5 Å². The Morgan fingerprint density at radius 3 is 2.90 bits per heavy atom. The Labute approximate surface area is 116 Å². The fourth-order valence-electron chi connectivity index (χ4n) is 2.64. The molecule has 0 bridgehead atoms. The Bertz CT molecular complexity index is 619. The van der Waals surface area contributed by atoms with Crippen molar-refractivity contribution in [2.24, 2.45) is 0 Å². The van der Waals surface area contributed by atoms with Crippen LogP contribution in [0.15, 0.2) is 12.6 Å². The molecule has 0 aromatic heterocycles. The van der Waals surface area contributed by atoms with Crippen LogP contribution in [0, 0.1) is 17.1 Å². The molecule has 1 fully saturated rings. The predicted molar refractivity (Wildman–Crippen MR) is 74.1 cm³/mol. The molecule has 1 aliphatic carbocycles. The summed E-state index contributed by atoms with van der Waals surface area (Å²) in [6.07, 6.45) is 3.80. The van der Waals surface area contributed by atoms with Gasteiger partial charge < -0.3 is 10.5 Å². The van der Waals surface area contributed by atoms with E-state index < -0.39 is 11.4 Å². The molecule has 104 valence electrons. The van der Waals surface area contributed by atoms with E-state index in [0.717, 1.165) is 19.3 Å². The van der Waals surface area contributed by atoms with E-state index in [0.29, 0.717) is 17.9 Å². The number of β-amino-alcohol motifs (C(OH)–C–C–N with tert-alkyl or cyclic N) is 1. The second-order valence-corrected chi connectivity index (χ2v) is 5.27. The maximum atomic E-state index is 14.2. The summed E-state index contributed by atoms with van der Waals surface area (Å²) in [5.74, 6) is -0.586. The van der Waals surface area contributed by atoms with Crippen molar-refractivity contribution in [3.8, 4) is 6.07 Å². The van der Waals surface area contributed by atoms with Gasteiger partial charge in [0, 0.05) is 5.56 Å². The summed E-state index contributed by atoms with van der Waals surface area (Å²) in [7, 11) is 0. The number of anilines is 2. The first-order valence-electron chi connectivity index (χ1n) is 6.48. The summed E-state index contributed by atoms with van der Waals surface area (Å²) in [5, 5.41) is 21.0. The fourth-order valence-corrected chi connectivity index (χ4v) is 2.64. The quantitative estimate of drug-likeness (QED) is 0.785. The largest absolute Gasteiger partial charge is 0.388 e. The molecule has 2 aliphatic rings. The number of hydrogen-bond acceptors (Lipinski definition) is 5. The van der Waals surface area contributed by atoms with E-state index in [4.69, 9.17) is 0 Å². The van der Waals surface area contributed by atoms with Gasteiger partial charge in [-0.1, -0.05) is 12.7 Å². The zero-order chi connectivity index (χ0) is 14.3. The minimum atomic E-state index is -0.767. The Kier molecular flexibility index (Phi) is 2.89. The summed E-state index contributed by atoms with van der Waals surface area (Å²) >= 11 is 0. The summed E-state index contributed by atoms with van der Waals surface area (Å²) in [6, 6.07) is 3.49. The minimum Gasteiger partial charge on any atom is -0.388 e. The van der Waals surface area contributed by atoms with Crippen LogP contribution in [0.1, 0.15) is 30.4 Å². The van der Waals surface area contributed by atoms with Gasteiger partial charge in [-0.2, -0.15) is 5.26 Å². The van der Waals surface area contributed by atoms with Crippen molar-refractivity contribution in [3.63, 3.8) is 0 Å². The number of nitrogens with zero attached hydrogens (tertiary/aromatic N) is 2. The number of fused-ring (bicyclic) bond motifs is 1. The molecule has 1 aromatic carbocycles. The molecule has 1 aliphatic heterocycles. The zero-order valence-corrected chi connectivity index (χ0v) is 10.9. The molecule has 6 heteroatoms. The van der Waals surface area contributed by atoms with E-state index in [2.05, 4.69) is 17.5 Å². The molecule has 0 saturated heterocycles. The van der Waals surface area contributed by atoms with Crippen LogP contribution in [0.2, 0.25) is 0 Å². The van der Waals surface area contributed by atoms with Crippen LogP contribution in [0.5, 0.6) is 0 Å². The second-order valence-electron chi connectivity index (χ2n) is 5.27. The molecule has 3 rings (SSSR count). The van der Waals surface area contributed by atoms with Gasteiger partial charge in [-0.05, 0) is 25.3 Å². The van der Waals surface area contributed by atoms with Crippen LogP contribution >= 0.6 is 0 Å². The third kappa shape index (κ3) is 1.83. The minimum absolute atomic E-state index is 0.0437. The van der Waals surface area contributed by atoms with Crippen LogP contribution in [-0.2, 0) is 0 Å². The lowest BCUT2D eigenvalue weighted by atomic mass is 9.80. The average molecular weight is 274 g/mol. The van der Waals surface area contributed by atoms with E-state index in [1.165, 1.54) is 6.08 Å². The van der Waals surface area contributed by atoms with E-state index >= 15 is 0 Å². The second kappa shape index (κ2) is 4.47. The number of hydrogen-bond donors (Lipinski definition) is 3. The van der Waals surface area contributed by atoms with Gasteiger partial charge in [-0.15, -0.1) is 5.53 Å². The highest BCUT2D eigenvalue weighted by Crippen LogP contribution is 2.40. The lowest BCUT2D eigenvalue weighted by molar-refractivity contribution is -0.0266. The molecule has 20 heavy (non-hydrogen) atoms. The van der Waals surface area contributed by atoms with Gasteiger partial charge in [0.05, 0.1) is 23.5 Å². The average Bonchev–Trinajstić information content (AvgIpc) is 2.79. The number of halogens is 1. The molecule has 5 nitrogen and oxygen atoms in total. The Morgan fingerprint density at radius 1 is 1.60 bits per heavy atom. The van der Waals surface area contributed by atoms with Gasteiger partial charge in [-0.3, -0.25) is 5.01 Å². The number of rotatable bonds is 3. The van der Waals surface area contributed by atoms with Crippen LogP contribution in [0.4, 0.5) is 15.8 Å². The maximum Gasteiger partial charge on any atom is 0.150 e. The Morgan fingerprint density at radius 2 is 2.35 bits per heavy atom. The standard InChI is InChI=1S/C14H15FN4O/c1-2-9-6-11-13(10(7-16)12(9)15)19(18-17-11)8-14(20)4-3-5-14/h2,6,17-18,20H,1,3-5,8H2. The molecular formula is C14H15FN4O. The molecule has 1 heterocycles. The van der Waals surface area contributed by atoms with E-state index in [-0.39, 0.29) is 11.1 Å². The number of nitrogens with one attached hydrogen (secondary N) is 2. The third-order valence-corrected chi connectivity index (χ3v) is 3.93. The predicted octanol–water partition coefficient (Wildman–Crippen LogP) is 1.91. The van der Waals surface area contributed by atoms with E-state index in [1.54, 1.807) is 11.1 Å². The number of aliphatic hydroxyl groups is 1. The maximum absolute atomic E-state index is 14.2. The molecule has 0 unspecified atom stereocenters. The summed E-state index contributed by atoms with van der Waals surface area (Å²) in [4.78, 5) is 0. The van der Waals surface area contributed by atoms with Crippen LogP contribution < -0.4 is 16.0 Å². The van der Waals surface area contributed by atoms with Crippen molar-refractivity contribution in [3.05, 3.63) is 29.6 Å². The monoisotopic (exact) mass is 274 g/mol. The van der Waals surface area contributed by atoms with E-state index in [9.17, 15) is 14.8 Å². The zero-order valence-electron chi connectivity index (χ0n) is 10.9. The number of nitriles is 1. The highest BCUT2D eigenvalue weighted by molar-refractivity contribution is 5.82. The van der Waals surface area contributed by atoms with E-state index in [1.807, 2.05) is 6.07 Å². The Balaban J connectivity index is 2.02. The van der Waals surface area contributed by atoms with Crippen molar-refractivity contribution in [2.75, 3.05) is 17.0 Å². The smallest absolute Gasteiger partial charge is 0.150 e. The first-order chi connectivity index (χ1) is 9.58. The summed E-state index contributed by atoms with van der Waals surface area (Å²) in [6.45, 7) is 3.86. The van der Waals surface area contributed by atoms with Crippen LogP contribution in [-0.4, -0.2) is 17.3 Å². The first kappa shape index (κ1) is 12.9. The van der Waals surface area contributed by atoms with Gasteiger partial charge in [0.15, 0.2) is 0 Å². The molecular weight excluding hydrogens is 259 g/mol. The van der Waals surface area contributed by atoms with Crippen LogP contribution in [0.25, 0.3) is 6.08 Å². The number of benzene rings is 1. The normalized spacial score (nSPS) is 18.8. The van der Waals surface area contributed by atoms with Crippen molar-refractivity contribution in [1.82, 2.24) is 5.53 Å². The summed E-state index contributed by atoms with van der Waals surface area (Å²) < 4.78 is 14.2. The topological polar surface area (TPSA) is 71.3 Å². The highest BCUT2D eigenvalue weighted by Gasteiger charge is 2.39. The molecule has 1 saturated carbocycles. The lowest BCUT2D eigenvalue weighted by Crippen LogP contribution is -2.52. The highest BCUT2D eigenvalue weighted by atomic mass is 19.1. The fraction of sp³-hybridized carbons (Fsp3) is 0.357. The molecule has 1 aromatic rings. The first-order valence-corrected chi connectivity index (χ1v) is 6.48. The SMILES string of the molecule is C=Cc1cc2c(c(C#N)c1F)N(CC1(O)CCC1)NN2. The molecule has 0 amide bonds. The van der Waals surface area contributed by atoms with Crippen molar-refractivity contribution in [1.29, 1.82) is 5.26 Å². The van der Waals surface area contributed by atoms with Crippen molar-refractivity contribution < 1.29 is 9.50 Å². The summed E-state index contributed by atoms with van der Waals surface area (Å²) in [5.41, 5.74) is 6.29. The lowest BCUT2D eigenvalue weighted by Gasteiger charge is -2.39. The van der Waals surface area contributed by atoms with Gasteiger partial charge in [0.25, 0.3) is 0 Å². The van der Waals surface area contributed by atoms with Crippen LogP contribution in [0.3, 0.4) is 0 Å². The van der Waals surface area contributed by atoms with Gasteiger partial charge in [-0.25, -0.2) is 4.39 Å². The molecule has 3 N–H and O–H groups in total. The number of hydrazine groups is 2. The van der Waals surface area contributed by atoms with Gasteiger partial charge in [0.1, 0.15) is 17.4 Å². The molecule has 0 radical (unpaired) electrons.